The molecule has 10 heteroatoms. The highest BCUT2D eigenvalue weighted by Crippen LogP contribution is 2.32. The minimum absolute atomic E-state index is 0.0438. The number of nitrogens with one attached hydrogen (secondary N) is 2. The Hall–Kier alpha value is -3.51. The maximum absolute atomic E-state index is 14.5. The van der Waals surface area contributed by atoms with Gasteiger partial charge in [0.2, 0.25) is 5.91 Å². The number of imide groups is 1. The molecule has 1 heterocycles. The van der Waals surface area contributed by atoms with Crippen molar-refractivity contribution in [3.63, 3.8) is 0 Å². The van der Waals surface area contributed by atoms with E-state index in [4.69, 9.17) is 9.84 Å². The summed E-state index contributed by atoms with van der Waals surface area (Å²) in [6, 6.07) is 16.9. The Morgan fingerprint density at radius 1 is 1.14 bits per heavy atom. The number of aliphatic hydroxyl groups excluding tert-OH is 1. The van der Waals surface area contributed by atoms with Gasteiger partial charge in [-0.15, -0.1) is 0 Å². The highest BCUT2D eigenvalue weighted by atomic mass is 127. The van der Waals surface area contributed by atoms with Crippen molar-refractivity contribution in [2.75, 3.05) is 18.5 Å². The lowest BCUT2D eigenvalue weighted by molar-refractivity contribution is -0.134. The molecule has 1 saturated heterocycles. The van der Waals surface area contributed by atoms with Gasteiger partial charge in [-0.05, 0) is 64.0 Å². The summed E-state index contributed by atoms with van der Waals surface area (Å²) in [5.74, 6) is -1.99. The monoisotopic (exact) mass is 617 g/mol. The lowest BCUT2D eigenvalue weighted by Gasteiger charge is -2.30. The Morgan fingerprint density at radius 2 is 1.84 bits per heavy atom. The van der Waals surface area contributed by atoms with Crippen LogP contribution in [-0.2, 0) is 9.59 Å². The minimum atomic E-state index is -1.24. The molecule has 3 aromatic carbocycles. The van der Waals surface area contributed by atoms with Crippen molar-refractivity contribution in [2.45, 2.75) is 24.9 Å². The third kappa shape index (κ3) is 5.91. The molecule has 0 spiro atoms. The fourth-order valence-corrected chi connectivity index (χ4v) is 4.66. The van der Waals surface area contributed by atoms with E-state index < -0.39 is 41.7 Å². The third-order valence-electron chi connectivity index (χ3n) is 6.08. The Kier molecular flexibility index (Phi) is 8.39. The first-order chi connectivity index (χ1) is 17.8. The third-order valence-corrected chi connectivity index (χ3v) is 6.75. The van der Waals surface area contributed by atoms with Gasteiger partial charge in [0.05, 0.1) is 12.3 Å². The summed E-state index contributed by atoms with van der Waals surface area (Å²) < 4.78 is 20.5. The smallest absolute Gasteiger partial charge is 0.325 e. The number of ether oxygens (including phenoxy) is 1. The molecule has 192 valence electrons. The van der Waals surface area contributed by atoms with E-state index in [0.29, 0.717) is 14.9 Å². The molecular weight excluding hydrogens is 592 g/mol. The number of carbonyl (C=O) groups excluding carboxylic acids is 3. The molecule has 0 bridgehead atoms. The first-order valence-electron chi connectivity index (χ1n) is 11.6. The molecule has 3 aromatic rings. The topological polar surface area (TPSA) is 108 Å². The number of benzene rings is 3. The number of anilines is 1. The number of rotatable bonds is 9. The van der Waals surface area contributed by atoms with Gasteiger partial charge in [-0.25, -0.2) is 14.1 Å². The quantitative estimate of drug-likeness (QED) is 0.247. The SMILES string of the molecule is CC(c1ccccc1)C(C(=O)Nc1ccc(I)cc1F)N1C(=O)N[C@H](c2ccc(OCCO)cc2)C1=O. The molecule has 0 aromatic heterocycles. The van der Waals surface area contributed by atoms with Crippen molar-refractivity contribution in [1.82, 2.24) is 10.2 Å². The number of nitrogens with zero attached hydrogens (tertiary/aromatic N) is 1. The fourth-order valence-electron chi connectivity index (χ4n) is 4.21. The van der Waals surface area contributed by atoms with Gasteiger partial charge in [-0.1, -0.05) is 49.4 Å². The summed E-state index contributed by atoms with van der Waals surface area (Å²) in [5, 5.41) is 14.1. The van der Waals surface area contributed by atoms with Crippen LogP contribution in [0.2, 0.25) is 0 Å². The number of halogens is 2. The summed E-state index contributed by atoms with van der Waals surface area (Å²) in [6.45, 7) is 1.73. The van der Waals surface area contributed by atoms with E-state index in [2.05, 4.69) is 10.6 Å². The van der Waals surface area contributed by atoms with Crippen LogP contribution in [0.4, 0.5) is 14.9 Å². The zero-order valence-corrected chi connectivity index (χ0v) is 22.0. The molecule has 4 amide bonds. The molecule has 3 N–H and O–H groups in total. The van der Waals surface area contributed by atoms with Gasteiger partial charge in [-0.2, -0.15) is 0 Å². The Bertz CT molecular complexity index is 1290. The fraction of sp³-hybridized carbons (Fsp3) is 0.222. The zero-order chi connectivity index (χ0) is 26.5. The van der Waals surface area contributed by atoms with Crippen molar-refractivity contribution < 1.29 is 28.6 Å². The Morgan fingerprint density at radius 3 is 2.49 bits per heavy atom. The molecule has 3 atom stereocenters. The number of urea groups is 1. The number of carbonyl (C=O) groups is 3. The minimum Gasteiger partial charge on any atom is -0.491 e. The average Bonchev–Trinajstić information content (AvgIpc) is 3.19. The first-order valence-corrected chi connectivity index (χ1v) is 12.7. The molecule has 1 fully saturated rings. The van der Waals surface area contributed by atoms with Crippen LogP contribution in [0, 0.1) is 9.39 Å². The maximum atomic E-state index is 14.5. The Labute approximate surface area is 227 Å². The molecule has 8 nitrogen and oxygen atoms in total. The van der Waals surface area contributed by atoms with Crippen LogP contribution < -0.4 is 15.4 Å². The number of amides is 4. The van der Waals surface area contributed by atoms with Crippen molar-refractivity contribution in [1.29, 1.82) is 0 Å². The molecule has 0 radical (unpaired) electrons. The number of aliphatic hydroxyl groups is 1. The second kappa shape index (κ2) is 11.7. The van der Waals surface area contributed by atoms with Gasteiger partial charge in [0.1, 0.15) is 30.3 Å². The normalized spacial score (nSPS) is 16.8. The van der Waals surface area contributed by atoms with E-state index in [1.54, 1.807) is 61.5 Å². The number of hydrogen-bond acceptors (Lipinski definition) is 5. The van der Waals surface area contributed by atoms with E-state index in [0.717, 1.165) is 10.5 Å². The van der Waals surface area contributed by atoms with Crippen molar-refractivity contribution in [2.24, 2.45) is 0 Å². The second-order valence-corrected chi connectivity index (χ2v) is 9.74. The van der Waals surface area contributed by atoms with Crippen molar-refractivity contribution >= 4 is 46.1 Å². The van der Waals surface area contributed by atoms with Crippen LogP contribution in [0.1, 0.15) is 30.0 Å². The summed E-state index contributed by atoms with van der Waals surface area (Å²) in [7, 11) is 0. The van der Waals surface area contributed by atoms with Crippen LogP contribution in [0.5, 0.6) is 5.75 Å². The largest absolute Gasteiger partial charge is 0.491 e. The lowest BCUT2D eigenvalue weighted by atomic mass is 9.91. The predicted octanol–water partition coefficient (Wildman–Crippen LogP) is 4.21. The summed E-state index contributed by atoms with van der Waals surface area (Å²) >= 11 is 1.96. The molecule has 1 aliphatic heterocycles. The average molecular weight is 617 g/mol. The maximum Gasteiger partial charge on any atom is 0.325 e. The van der Waals surface area contributed by atoms with E-state index >= 15 is 0 Å². The van der Waals surface area contributed by atoms with Crippen LogP contribution in [-0.4, -0.2) is 47.1 Å². The van der Waals surface area contributed by atoms with Gasteiger partial charge in [0.25, 0.3) is 5.91 Å². The van der Waals surface area contributed by atoms with Crippen LogP contribution in [0.25, 0.3) is 0 Å². The van der Waals surface area contributed by atoms with Crippen molar-refractivity contribution in [3.05, 3.63) is 93.3 Å². The zero-order valence-electron chi connectivity index (χ0n) is 19.9. The van der Waals surface area contributed by atoms with Crippen LogP contribution in [0.15, 0.2) is 72.8 Å². The van der Waals surface area contributed by atoms with Gasteiger partial charge < -0.3 is 20.5 Å². The summed E-state index contributed by atoms with van der Waals surface area (Å²) in [5.41, 5.74) is 1.20. The molecule has 0 aliphatic carbocycles. The van der Waals surface area contributed by atoms with Crippen LogP contribution >= 0.6 is 22.6 Å². The van der Waals surface area contributed by atoms with E-state index in [9.17, 15) is 18.8 Å². The summed E-state index contributed by atoms with van der Waals surface area (Å²) in [6.07, 6.45) is 0. The highest BCUT2D eigenvalue weighted by Gasteiger charge is 2.47. The van der Waals surface area contributed by atoms with Gasteiger partial charge in [0.15, 0.2) is 0 Å². The first kappa shape index (κ1) is 26.6. The summed E-state index contributed by atoms with van der Waals surface area (Å²) in [4.78, 5) is 41.1. The predicted molar refractivity (Wildman–Crippen MR) is 144 cm³/mol. The molecule has 37 heavy (non-hydrogen) atoms. The van der Waals surface area contributed by atoms with Gasteiger partial charge >= 0.3 is 6.03 Å². The van der Waals surface area contributed by atoms with E-state index in [-0.39, 0.29) is 18.9 Å². The van der Waals surface area contributed by atoms with E-state index in [1.165, 1.54) is 12.1 Å². The number of hydrogen-bond donors (Lipinski definition) is 3. The Balaban J connectivity index is 1.64. The standard InChI is InChI=1S/C27H25FIN3O5/c1-16(17-5-3-2-4-6-17)24(25(34)30-22-12-9-19(29)15-21(22)28)32-26(35)23(31-27(32)36)18-7-10-20(11-8-18)37-14-13-33/h2-12,15-16,23-24,33H,13-14H2,1H3,(H,30,34)(H,31,36)/t16?,23-,24?/m1/s1. The van der Waals surface area contributed by atoms with E-state index in [1.807, 2.05) is 28.7 Å². The second-order valence-electron chi connectivity index (χ2n) is 8.49. The molecule has 2 unspecified atom stereocenters. The molecular formula is C27H25FIN3O5. The van der Waals surface area contributed by atoms with Crippen LogP contribution in [0.3, 0.4) is 0 Å². The van der Waals surface area contributed by atoms with Gasteiger partial charge in [-0.3, -0.25) is 9.59 Å². The highest BCUT2D eigenvalue weighted by molar-refractivity contribution is 14.1. The van der Waals surface area contributed by atoms with Gasteiger partial charge in [0, 0.05) is 9.49 Å². The lowest BCUT2D eigenvalue weighted by Crippen LogP contribution is -2.50. The molecule has 1 aliphatic rings. The molecule has 0 saturated carbocycles. The molecule has 4 rings (SSSR count). The van der Waals surface area contributed by atoms with Crippen molar-refractivity contribution in [3.8, 4) is 5.75 Å².